The molecule has 0 unspecified atom stereocenters. The number of rotatable bonds is 4. The van der Waals surface area contributed by atoms with Crippen LogP contribution in [0.2, 0.25) is 0 Å². The molecular formula is C18H12F3N5O2. The lowest BCUT2D eigenvalue weighted by Crippen LogP contribution is -2.19. The lowest BCUT2D eigenvalue weighted by atomic mass is 10.2. The summed E-state index contributed by atoms with van der Waals surface area (Å²) >= 11 is 0. The predicted molar refractivity (Wildman–Crippen MR) is 91.7 cm³/mol. The number of benzene rings is 1. The summed E-state index contributed by atoms with van der Waals surface area (Å²) in [7, 11) is 0. The van der Waals surface area contributed by atoms with Crippen molar-refractivity contribution in [2.45, 2.75) is 12.7 Å². The molecule has 0 amide bonds. The summed E-state index contributed by atoms with van der Waals surface area (Å²) in [5.74, 6) is -1.74. The second-order valence-electron chi connectivity index (χ2n) is 5.94. The van der Waals surface area contributed by atoms with Crippen molar-refractivity contribution in [1.29, 1.82) is 0 Å². The van der Waals surface area contributed by atoms with E-state index >= 15 is 0 Å². The van der Waals surface area contributed by atoms with Crippen molar-refractivity contribution in [3.8, 4) is 17.1 Å². The highest BCUT2D eigenvalue weighted by atomic mass is 19.4. The topological polar surface area (TPSA) is 78.7 Å². The van der Waals surface area contributed by atoms with Crippen LogP contribution in [0.4, 0.5) is 13.2 Å². The van der Waals surface area contributed by atoms with Gasteiger partial charge in [-0.3, -0.25) is 4.79 Å². The van der Waals surface area contributed by atoms with Crippen molar-refractivity contribution in [3.05, 3.63) is 83.1 Å². The molecule has 0 aliphatic heterocycles. The Balaban J connectivity index is 1.53. The van der Waals surface area contributed by atoms with Crippen LogP contribution in [0.5, 0.6) is 0 Å². The monoisotopic (exact) mass is 387 g/mol. The lowest BCUT2D eigenvalue weighted by molar-refractivity contribution is -0.159. The van der Waals surface area contributed by atoms with Gasteiger partial charge in [0.05, 0.1) is 12.9 Å². The van der Waals surface area contributed by atoms with Gasteiger partial charge in [0.2, 0.25) is 5.82 Å². The van der Waals surface area contributed by atoms with E-state index in [-0.39, 0.29) is 11.4 Å². The van der Waals surface area contributed by atoms with Gasteiger partial charge in [-0.1, -0.05) is 17.3 Å². The van der Waals surface area contributed by atoms with Crippen LogP contribution in [0.3, 0.4) is 0 Å². The normalized spacial score (nSPS) is 11.7. The zero-order valence-electron chi connectivity index (χ0n) is 14.2. The molecule has 7 nitrogen and oxygen atoms in total. The largest absolute Gasteiger partial charge is 0.471 e. The van der Waals surface area contributed by atoms with E-state index in [4.69, 9.17) is 0 Å². The van der Waals surface area contributed by atoms with E-state index in [0.29, 0.717) is 6.54 Å². The standard InChI is InChI=1S/C18H12F3N5O2/c19-18(20,21)17-23-16(24-28-17)13-5-7-25(15(27)9-13)10-12-1-3-14(4-2-12)26-8-6-22-11-26/h1-9,11H,10H2. The highest BCUT2D eigenvalue weighted by Crippen LogP contribution is 2.29. The van der Waals surface area contributed by atoms with E-state index in [9.17, 15) is 18.0 Å². The highest BCUT2D eigenvalue weighted by Gasteiger charge is 2.38. The number of pyridine rings is 1. The molecule has 0 aliphatic carbocycles. The third kappa shape index (κ3) is 3.56. The van der Waals surface area contributed by atoms with Gasteiger partial charge in [-0.2, -0.15) is 18.2 Å². The van der Waals surface area contributed by atoms with Gasteiger partial charge in [0.1, 0.15) is 0 Å². The predicted octanol–water partition coefficient (Wildman–Crippen LogP) is 3.15. The number of hydrogen-bond donors (Lipinski definition) is 0. The van der Waals surface area contributed by atoms with Crippen LogP contribution in [0.15, 0.2) is 70.6 Å². The number of imidazole rings is 1. The van der Waals surface area contributed by atoms with Crippen LogP contribution >= 0.6 is 0 Å². The van der Waals surface area contributed by atoms with Gasteiger partial charge in [-0.25, -0.2) is 4.98 Å². The smallest absolute Gasteiger partial charge is 0.329 e. The maximum atomic E-state index is 12.6. The van der Waals surface area contributed by atoms with Crippen LogP contribution < -0.4 is 5.56 Å². The van der Waals surface area contributed by atoms with Gasteiger partial charge >= 0.3 is 12.1 Å². The molecule has 10 heteroatoms. The number of alkyl halides is 3. The number of aromatic nitrogens is 5. The summed E-state index contributed by atoms with van der Waals surface area (Å²) in [4.78, 5) is 19.6. The molecule has 142 valence electrons. The molecule has 0 spiro atoms. The van der Waals surface area contributed by atoms with Gasteiger partial charge in [-0.05, 0) is 23.8 Å². The van der Waals surface area contributed by atoms with Gasteiger partial charge in [0.15, 0.2) is 0 Å². The summed E-state index contributed by atoms with van der Waals surface area (Å²) in [6.45, 7) is 0.309. The molecule has 28 heavy (non-hydrogen) atoms. The summed E-state index contributed by atoms with van der Waals surface area (Å²) in [6, 6.07) is 10.2. The number of halogens is 3. The molecule has 1 aromatic carbocycles. The first-order chi connectivity index (χ1) is 13.4. The Morgan fingerprint density at radius 3 is 2.46 bits per heavy atom. The third-order valence-electron chi connectivity index (χ3n) is 4.01. The minimum Gasteiger partial charge on any atom is -0.329 e. The van der Waals surface area contributed by atoms with Crippen molar-refractivity contribution < 1.29 is 17.7 Å². The molecule has 4 aromatic rings. The zero-order chi connectivity index (χ0) is 19.7. The van der Waals surface area contributed by atoms with Gasteiger partial charge in [0, 0.05) is 35.9 Å². The van der Waals surface area contributed by atoms with E-state index < -0.39 is 17.6 Å². The quantitative estimate of drug-likeness (QED) is 0.538. The summed E-state index contributed by atoms with van der Waals surface area (Å²) < 4.78 is 45.1. The van der Waals surface area contributed by atoms with Crippen LogP contribution in [-0.4, -0.2) is 24.3 Å². The Labute approximate surface area is 155 Å². The molecule has 0 bridgehead atoms. The van der Waals surface area contributed by atoms with Crippen molar-refractivity contribution in [3.63, 3.8) is 0 Å². The fraction of sp³-hybridized carbons (Fsp3) is 0.111. The maximum Gasteiger partial charge on any atom is 0.471 e. The summed E-state index contributed by atoms with van der Waals surface area (Å²) in [5, 5.41) is 3.28. The lowest BCUT2D eigenvalue weighted by Gasteiger charge is -2.08. The SMILES string of the molecule is O=c1cc(-c2noc(C(F)(F)F)n2)ccn1Cc1ccc(-n2ccnc2)cc1. The molecule has 0 saturated carbocycles. The molecular weight excluding hydrogens is 375 g/mol. The second-order valence-corrected chi connectivity index (χ2v) is 5.94. The molecule has 0 atom stereocenters. The average molecular weight is 387 g/mol. The number of nitrogens with zero attached hydrogens (tertiary/aromatic N) is 5. The summed E-state index contributed by atoms with van der Waals surface area (Å²) in [5.41, 5.74) is 1.57. The maximum absolute atomic E-state index is 12.6. The average Bonchev–Trinajstić information content (AvgIpc) is 3.36. The molecule has 0 fully saturated rings. The third-order valence-corrected chi connectivity index (χ3v) is 4.01. The Kier molecular flexibility index (Phi) is 4.30. The number of hydrogen-bond acceptors (Lipinski definition) is 5. The first kappa shape index (κ1) is 17.7. The van der Waals surface area contributed by atoms with Crippen LogP contribution in [0.25, 0.3) is 17.1 Å². The molecule has 0 N–H and O–H groups in total. The van der Waals surface area contributed by atoms with Crippen molar-refractivity contribution in [2.24, 2.45) is 0 Å². The van der Waals surface area contributed by atoms with E-state index in [1.54, 1.807) is 12.5 Å². The van der Waals surface area contributed by atoms with Crippen LogP contribution in [-0.2, 0) is 12.7 Å². The summed E-state index contributed by atoms with van der Waals surface area (Å²) in [6.07, 6.45) is 1.92. The fourth-order valence-electron chi connectivity index (χ4n) is 2.62. The Hall–Kier alpha value is -3.69. The van der Waals surface area contributed by atoms with Crippen LogP contribution in [0.1, 0.15) is 11.5 Å². The molecule has 3 heterocycles. The van der Waals surface area contributed by atoms with Crippen molar-refractivity contribution in [2.75, 3.05) is 0 Å². The second kappa shape index (κ2) is 6.80. The van der Waals surface area contributed by atoms with Gasteiger partial charge < -0.3 is 13.7 Å². The van der Waals surface area contributed by atoms with E-state index in [0.717, 1.165) is 11.3 Å². The Morgan fingerprint density at radius 2 is 1.86 bits per heavy atom. The zero-order valence-corrected chi connectivity index (χ0v) is 14.2. The Morgan fingerprint density at radius 1 is 1.07 bits per heavy atom. The van der Waals surface area contributed by atoms with E-state index in [2.05, 4.69) is 19.6 Å². The molecule has 4 rings (SSSR count). The highest BCUT2D eigenvalue weighted by molar-refractivity contribution is 5.52. The van der Waals surface area contributed by atoms with E-state index in [1.165, 1.54) is 22.9 Å². The van der Waals surface area contributed by atoms with Crippen molar-refractivity contribution >= 4 is 0 Å². The minimum atomic E-state index is -4.73. The molecule has 0 aliphatic rings. The first-order valence-electron chi connectivity index (χ1n) is 8.09. The molecule has 0 saturated heterocycles. The molecule has 3 aromatic heterocycles. The van der Waals surface area contributed by atoms with E-state index in [1.807, 2.05) is 35.0 Å². The Bertz CT molecular complexity index is 1150. The molecule has 0 radical (unpaired) electrons. The van der Waals surface area contributed by atoms with Crippen LogP contribution in [0, 0.1) is 0 Å². The fourth-order valence-corrected chi connectivity index (χ4v) is 2.62. The van der Waals surface area contributed by atoms with Gasteiger partial charge in [-0.15, -0.1) is 0 Å². The van der Waals surface area contributed by atoms with Crippen molar-refractivity contribution in [1.82, 2.24) is 24.3 Å². The minimum absolute atomic E-state index is 0.149. The van der Waals surface area contributed by atoms with Gasteiger partial charge in [0.25, 0.3) is 5.56 Å². The first-order valence-corrected chi connectivity index (χ1v) is 8.09.